The monoisotopic (exact) mass is 559 g/mol. The topological polar surface area (TPSA) is 98.1 Å². The van der Waals surface area contributed by atoms with Crippen molar-refractivity contribution in [3.05, 3.63) is 86.7 Å². The predicted molar refractivity (Wildman–Crippen MR) is 127 cm³/mol. The van der Waals surface area contributed by atoms with Gasteiger partial charge in [-0.1, -0.05) is 41.4 Å². The van der Waals surface area contributed by atoms with Gasteiger partial charge >= 0.3 is 11.9 Å². The highest BCUT2D eigenvalue weighted by molar-refractivity contribution is 6.32. The van der Waals surface area contributed by atoms with Crippen LogP contribution in [0.25, 0.3) is 16.9 Å². The summed E-state index contributed by atoms with van der Waals surface area (Å²) in [6.07, 6.45) is -7.67. The van der Waals surface area contributed by atoms with Crippen LogP contribution in [-0.2, 0) is 13.1 Å². The lowest BCUT2D eigenvalue weighted by Crippen LogP contribution is -2.37. The molecule has 4 rings (SSSR count). The minimum absolute atomic E-state index is 0.00664. The predicted octanol–water partition coefficient (Wildman–Crippen LogP) is 4.37. The number of alkyl halides is 3. The van der Waals surface area contributed by atoms with Gasteiger partial charge in [0.1, 0.15) is 17.6 Å². The third-order valence-electron chi connectivity index (χ3n) is 5.43. The van der Waals surface area contributed by atoms with E-state index >= 15 is 0 Å². The number of nitrogens with zero attached hydrogens (tertiary/aromatic N) is 5. The van der Waals surface area contributed by atoms with E-state index in [9.17, 15) is 32.6 Å². The van der Waals surface area contributed by atoms with E-state index in [1.54, 1.807) is 0 Å². The van der Waals surface area contributed by atoms with Crippen LogP contribution in [0.15, 0.2) is 53.5 Å². The highest BCUT2D eigenvalue weighted by atomic mass is 35.5. The van der Waals surface area contributed by atoms with Crippen molar-refractivity contribution in [3.8, 4) is 16.9 Å². The number of para-hydroxylation sites is 1. The summed E-state index contributed by atoms with van der Waals surface area (Å²) in [5.74, 6) is -0.853. The van der Waals surface area contributed by atoms with Gasteiger partial charge < -0.3 is 10.2 Å². The number of imidazole rings is 1. The van der Waals surface area contributed by atoms with Crippen LogP contribution in [0.2, 0.25) is 10.0 Å². The number of rotatable bonds is 7. The third kappa shape index (κ3) is 5.57. The van der Waals surface area contributed by atoms with Crippen molar-refractivity contribution >= 4 is 23.2 Å². The van der Waals surface area contributed by atoms with E-state index in [0.29, 0.717) is 10.6 Å². The average molecular weight is 560 g/mol. The highest BCUT2D eigenvalue weighted by Gasteiger charge is 2.39. The second-order valence-corrected chi connectivity index (χ2v) is 8.99. The first-order valence-corrected chi connectivity index (χ1v) is 11.5. The first-order chi connectivity index (χ1) is 17.4. The maximum atomic E-state index is 14.5. The summed E-state index contributed by atoms with van der Waals surface area (Å²) >= 11 is 12.0. The number of hydrogen-bond donors (Lipinski definition) is 2. The molecule has 4 aromatic rings. The smallest absolute Gasteiger partial charge is 0.385 e. The lowest BCUT2D eigenvalue weighted by Gasteiger charge is -2.16. The first kappa shape index (κ1) is 26.9. The molecule has 2 aromatic heterocycles. The van der Waals surface area contributed by atoms with Crippen LogP contribution in [0.5, 0.6) is 0 Å². The summed E-state index contributed by atoms with van der Waals surface area (Å²) in [5.41, 5.74) is -0.598. The molecule has 0 saturated heterocycles. The second-order valence-electron chi connectivity index (χ2n) is 8.14. The minimum Gasteiger partial charge on any atom is -0.385 e. The van der Waals surface area contributed by atoms with Crippen LogP contribution in [0.3, 0.4) is 0 Å². The van der Waals surface area contributed by atoms with Gasteiger partial charge in [0.25, 0.3) is 0 Å². The van der Waals surface area contributed by atoms with Gasteiger partial charge in [-0.3, -0.25) is 9.13 Å². The Balaban J connectivity index is 1.79. The molecular formula is C23H19Cl2F4N5O3. The molecule has 196 valence electrons. The molecule has 1 unspecified atom stereocenters. The van der Waals surface area contributed by atoms with Crippen LogP contribution in [0.4, 0.5) is 17.6 Å². The number of aliphatic hydroxyl groups is 2. The number of hydrogen-bond acceptors (Lipinski definition) is 5. The molecule has 0 aliphatic carbocycles. The van der Waals surface area contributed by atoms with Crippen molar-refractivity contribution in [2.24, 2.45) is 0 Å². The van der Waals surface area contributed by atoms with E-state index in [-0.39, 0.29) is 34.6 Å². The van der Waals surface area contributed by atoms with Crippen molar-refractivity contribution in [2.45, 2.75) is 38.4 Å². The number of benzene rings is 2. The highest BCUT2D eigenvalue weighted by Crippen LogP contribution is 2.27. The van der Waals surface area contributed by atoms with Gasteiger partial charge in [0.2, 0.25) is 0 Å². The van der Waals surface area contributed by atoms with E-state index in [1.807, 2.05) is 0 Å². The SMILES string of the molecule is C[C@H](O)c1nc(Cn2cc(-c3ccc(Cl)cc3)n(CC(O)C(F)(F)F)c2=O)nn1-c1c(F)cccc1Cl. The van der Waals surface area contributed by atoms with Gasteiger partial charge in [-0.05, 0) is 36.8 Å². The molecule has 8 nitrogen and oxygen atoms in total. The van der Waals surface area contributed by atoms with Gasteiger partial charge in [-0.15, -0.1) is 5.10 Å². The molecule has 14 heteroatoms. The minimum atomic E-state index is -4.95. The summed E-state index contributed by atoms with van der Waals surface area (Å²) in [7, 11) is 0. The van der Waals surface area contributed by atoms with E-state index in [4.69, 9.17) is 23.2 Å². The van der Waals surface area contributed by atoms with Crippen LogP contribution >= 0.6 is 23.2 Å². The molecule has 0 saturated carbocycles. The number of aliphatic hydroxyl groups excluding tert-OH is 2. The number of halogens is 6. The Morgan fingerprint density at radius 1 is 1.08 bits per heavy atom. The maximum absolute atomic E-state index is 14.5. The fourth-order valence-electron chi connectivity index (χ4n) is 3.66. The normalized spacial score (nSPS) is 13.6. The van der Waals surface area contributed by atoms with E-state index in [2.05, 4.69) is 10.1 Å². The van der Waals surface area contributed by atoms with Crippen LogP contribution in [0, 0.1) is 5.82 Å². The standard InChI is InChI=1S/C23H19Cl2F4N5O3/c1-12(35)21-30-19(31-34(21)20-15(25)3-2-4-16(20)26)11-32-9-17(13-5-7-14(24)8-6-13)33(22(32)37)10-18(36)23(27,28)29/h2-9,12,18,35-36H,10-11H2,1H3/t12-,18?/m0/s1. The molecule has 0 spiro atoms. The van der Waals surface area contributed by atoms with E-state index in [0.717, 1.165) is 19.9 Å². The van der Waals surface area contributed by atoms with E-state index in [1.165, 1.54) is 49.5 Å². The zero-order valence-corrected chi connectivity index (χ0v) is 20.5. The van der Waals surface area contributed by atoms with Gasteiger partial charge in [0.05, 0.1) is 23.8 Å². The van der Waals surface area contributed by atoms with Gasteiger partial charge in [-0.25, -0.2) is 18.9 Å². The summed E-state index contributed by atoms with van der Waals surface area (Å²) in [6, 6.07) is 9.97. The third-order valence-corrected chi connectivity index (χ3v) is 5.99. The van der Waals surface area contributed by atoms with Crippen molar-refractivity contribution in [1.82, 2.24) is 23.9 Å². The number of aromatic nitrogens is 5. The molecule has 2 N–H and O–H groups in total. The Labute approximate surface area is 216 Å². The fourth-order valence-corrected chi connectivity index (χ4v) is 4.03. The molecule has 0 aliphatic heterocycles. The van der Waals surface area contributed by atoms with Crippen LogP contribution in [0.1, 0.15) is 24.7 Å². The molecule has 2 atom stereocenters. The molecule has 37 heavy (non-hydrogen) atoms. The van der Waals surface area contributed by atoms with Crippen molar-refractivity contribution in [2.75, 3.05) is 0 Å². The van der Waals surface area contributed by atoms with Crippen molar-refractivity contribution in [1.29, 1.82) is 0 Å². The molecule has 2 aromatic carbocycles. The first-order valence-electron chi connectivity index (χ1n) is 10.8. The summed E-state index contributed by atoms with van der Waals surface area (Å²) in [6.45, 7) is -0.0227. The Morgan fingerprint density at radius 3 is 2.35 bits per heavy atom. The Hall–Kier alpha value is -3.19. The molecule has 0 radical (unpaired) electrons. The average Bonchev–Trinajstić information content (AvgIpc) is 3.36. The largest absolute Gasteiger partial charge is 0.416 e. The maximum Gasteiger partial charge on any atom is 0.416 e. The summed E-state index contributed by atoms with van der Waals surface area (Å²) in [4.78, 5) is 17.3. The molecule has 0 aliphatic rings. The van der Waals surface area contributed by atoms with Crippen LogP contribution in [-0.4, -0.2) is 46.4 Å². The molecule has 2 heterocycles. The molecule has 0 amide bonds. The van der Waals surface area contributed by atoms with Crippen molar-refractivity contribution in [3.63, 3.8) is 0 Å². The van der Waals surface area contributed by atoms with Crippen LogP contribution < -0.4 is 5.69 Å². The summed E-state index contributed by atoms with van der Waals surface area (Å²) < 4.78 is 56.6. The molecule has 0 bridgehead atoms. The lowest BCUT2D eigenvalue weighted by atomic mass is 10.1. The van der Waals surface area contributed by atoms with Gasteiger partial charge in [0.15, 0.2) is 17.8 Å². The Bertz CT molecular complexity index is 1460. The van der Waals surface area contributed by atoms with Gasteiger partial charge in [-0.2, -0.15) is 13.2 Å². The molecule has 0 fully saturated rings. The lowest BCUT2D eigenvalue weighted by molar-refractivity contribution is -0.207. The zero-order valence-electron chi connectivity index (χ0n) is 19.0. The second kappa shape index (κ2) is 10.3. The van der Waals surface area contributed by atoms with E-state index < -0.39 is 36.4 Å². The Kier molecular flexibility index (Phi) is 7.47. The quantitative estimate of drug-likeness (QED) is 0.328. The van der Waals surface area contributed by atoms with Crippen molar-refractivity contribution < 1.29 is 27.8 Å². The summed E-state index contributed by atoms with van der Waals surface area (Å²) in [5, 5.41) is 24.4. The fraction of sp³-hybridized carbons (Fsp3) is 0.261. The van der Waals surface area contributed by atoms with Gasteiger partial charge in [0, 0.05) is 11.2 Å². The Morgan fingerprint density at radius 2 is 1.76 bits per heavy atom. The zero-order chi connectivity index (χ0) is 27.1. The molecular weight excluding hydrogens is 541 g/mol.